The number of hydrogen-bond donors (Lipinski definition) is 2. The van der Waals surface area contributed by atoms with Crippen LogP contribution in [0.15, 0.2) is 24.3 Å². The second kappa shape index (κ2) is 5.95. The topological polar surface area (TPSA) is 83.5 Å². The van der Waals surface area contributed by atoms with Crippen LogP contribution < -0.4 is 5.32 Å². The van der Waals surface area contributed by atoms with E-state index in [-0.39, 0.29) is 5.78 Å². The second-order valence-corrected chi connectivity index (χ2v) is 3.91. The molecule has 2 N–H and O–H groups in total. The fourth-order valence-electron chi connectivity index (χ4n) is 1.34. The van der Waals surface area contributed by atoms with E-state index in [1.165, 1.54) is 13.0 Å². The van der Waals surface area contributed by atoms with Crippen LogP contribution in [0, 0.1) is 5.92 Å². The molecule has 1 amide bonds. The van der Waals surface area contributed by atoms with Crippen LogP contribution in [-0.4, -0.2) is 22.8 Å². The Morgan fingerprint density at radius 3 is 2.56 bits per heavy atom. The summed E-state index contributed by atoms with van der Waals surface area (Å²) in [5, 5.41) is 11.2. The first-order valence-corrected chi connectivity index (χ1v) is 5.62. The summed E-state index contributed by atoms with van der Waals surface area (Å²) in [6.07, 6.45) is 0.378. The van der Waals surface area contributed by atoms with Gasteiger partial charge in [0.25, 0.3) is 0 Å². The number of hydrogen-bond acceptors (Lipinski definition) is 3. The van der Waals surface area contributed by atoms with E-state index in [9.17, 15) is 14.4 Å². The highest BCUT2D eigenvalue weighted by Crippen LogP contribution is 2.13. The quantitative estimate of drug-likeness (QED) is 0.617. The Balaban J connectivity index is 2.82. The molecule has 0 saturated heterocycles. The average Bonchev–Trinajstić information content (AvgIpc) is 2.36. The third-order valence-electron chi connectivity index (χ3n) is 2.54. The Hall–Kier alpha value is -2.17. The standard InChI is InChI=1S/C13H15NO4/c1-3-11(15)9-5-4-6-10(7-9)14-12(16)8(2)13(17)18/h4-8H,3H2,1-2H3,(H,14,16)(H,17,18). The third-order valence-corrected chi connectivity index (χ3v) is 2.54. The van der Waals surface area contributed by atoms with E-state index in [0.717, 1.165) is 0 Å². The van der Waals surface area contributed by atoms with Crippen molar-refractivity contribution in [2.75, 3.05) is 5.32 Å². The van der Waals surface area contributed by atoms with Crippen LogP contribution in [0.5, 0.6) is 0 Å². The van der Waals surface area contributed by atoms with Gasteiger partial charge < -0.3 is 10.4 Å². The van der Waals surface area contributed by atoms with Gasteiger partial charge >= 0.3 is 5.97 Å². The molecular weight excluding hydrogens is 234 g/mol. The van der Waals surface area contributed by atoms with Crippen LogP contribution in [0.25, 0.3) is 0 Å². The molecule has 0 radical (unpaired) electrons. The predicted octanol–water partition coefficient (Wildman–Crippen LogP) is 1.94. The van der Waals surface area contributed by atoms with Crippen molar-refractivity contribution in [2.45, 2.75) is 20.3 Å². The van der Waals surface area contributed by atoms with E-state index in [2.05, 4.69) is 5.32 Å². The molecule has 0 aliphatic carbocycles. The van der Waals surface area contributed by atoms with Crippen LogP contribution in [0.2, 0.25) is 0 Å². The summed E-state index contributed by atoms with van der Waals surface area (Å²) in [6.45, 7) is 3.05. The van der Waals surface area contributed by atoms with E-state index in [4.69, 9.17) is 5.11 Å². The molecule has 1 unspecified atom stereocenters. The largest absolute Gasteiger partial charge is 0.481 e. The molecule has 0 spiro atoms. The van der Waals surface area contributed by atoms with Crippen LogP contribution in [0.4, 0.5) is 5.69 Å². The van der Waals surface area contributed by atoms with Crippen LogP contribution in [0.1, 0.15) is 30.6 Å². The smallest absolute Gasteiger partial charge is 0.315 e. The Bertz CT molecular complexity index is 482. The summed E-state index contributed by atoms with van der Waals surface area (Å²) in [4.78, 5) is 33.7. The monoisotopic (exact) mass is 249 g/mol. The maximum absolute atomic E-state index is 11.5. The van der Waals surface area contributed by atoms with E-state index >= 15 is 0 Å². The van der Waals surface area contributed by atoms with Gasteiger partial charge in [0.15, 0.2) is 5.78 Å². The number of nitrogens with one attached hydrogen (secondary N) is 1. The number of aliphatic carboxylic acids is 1. The number of carbonyl (C=O) groups excluding carboxylic acids is 2. The lowest BCUT2D eigenvalue weighted by Gasteiger charge is -2.09. The van der Waals surface area contributed by atoms with Gasteiger partial charge in [0.05, 0.1) is 0 Å². The fourth-order valence-corrected chi connectivity index (χ4v) is 1.34. The van der Waals surface area contributed by atoms with Crippen molar-refractivity contribution in [3.05, 3.63) is 29.8 Å². The number of carboxylic acid groups (broad SMARTS) is 1. The Morgan fingerprint density at radius 2 is 2.00 bits per heavy atom. The molecule has 0 aliphatic heterocycles. The van der Waals surface area contributed by atoms with Gasteiger partial charge in [-0.3, -0.25) is 14.4 Å². The number of amides is 1. The van der Waals surface area contributed by atoms with Crippen molar-refractivity contribution in [1.29, 1.82) is 0 Å². The summed E-state index contributed by atoms with van der Waals surface area (Å²) in [5.41, 5.74) is 0.922. The lowest BCUT2D eigenvalue weighted by Crippen LogP contribution is -2.26. The van der Waals surface area contributed by atoms with Crippen LogP contribution in [0.3, 0.4) is 0 Å². The van der Waals surface area contributed by atoms with E-state index in [1.54, 1.807) is 25.1 Å². The van der Waals surface area contributed by atoms with Crippen molar-refractivity contribution in [2.24, 2.45) is 5.92 Å². The minimum atomic E-state index is -1.19. The number of anilines is 1. The van der Waals surface area contributed by atoms with Crippen molar-refractivity contribution < 1.29 is 19.5 Å². The van der Waals surface area contributed by atoms with Gasteiger partial charge in [-0.15, -0.1) is 0 Å². The van der Waals surface area contributed by atoms with Crippen LogP contribution in [-0.2, 0) is 9.59 Å². The molecule has 1 rings (SSSR count). The minimum Gasteiger partial charge on any atom is -0.481 e. The lowest BCUT2D eigenvalue weighted by atomic mass is 10.1. The van der Waals surface area contributed by atoms with Gasteiger partial charge in [-0.1, -0.05) is 19.1 Å². The zero-order valence-electron chi connectivity index (χ0n) is 10.3. The highest BCUT2D eigenvalue weighted by Gasteiger charge is 2.20. The van der Waals surface area contributed by atoms with Crippen molar-refractivity contribution in [3.63, 3.8) is 0 Å². The number of benzene rings is 1. The third kappa shape index (κ3) is 3.41. The van der Waals surface area contributed by atoms with Gasteiger partial charge in [0.2, 0.25) is 5.91 Å². The predicted molar refractivity (Wildman–Crippen MR) is 66.5 cm³/mol. The van der Waals surface area contributed by atoms with Crippen molar-refractivity contribution >= 4 is 23.3 Å². The number of rotatable bonds is 5. The van der Waals surface area contributed by atoms with Gasteiger partial charge in [0.1, 0.15) is 5.92 Å². The zero-order valence-corrected chi connectivity index (χ0v) is 10.3. The zero-order chi connectivity index (χ0) is 13.7. The summed E-state index contributed by atoms with van der Waals surface area (Å²) in [6, 6.07) is 6.45. The van der Waals surface area contributed by atoms with Crippen LogP contribution >= 0.6 is 0 Å². The first-order chi connectivity index (χ1) is 8.45. The molecule has 0 heterocycles. The fraction of sp³-hybridized carbons (Fsp3) is 0.308. The molecule has 0 aromatic heterocycles. The SMILES string of the molecule is CCC(=O)c1cccc(NC(=O)C(C)C(=O)O)c1. The van der Waals surface area contributed by atoms with Gasteiger partial charge in [-0.05, 0) is 19.1 Å². The second-order valence-electron chi connectivity index (χ2n) is 3.91. The average molecular weight is 249 g/mol. The molecule has 5 heteroatoms. The molecule has 96 valence electrons. The van der Waals surface area contributed by atoms with E-state index < -0.39 is 17.8 Å². The van der Waals surface area contributed by atoms with Gasteiger partial charge in [0, 0.05) is 17.7 Å². The van der Waals surface area contributed by atoms with E-state index in [1.807, 2.05) is 0 Å². The number of Topliss-reactive ketones (excluding diaryl/α,β-unsaturated/α-hetero) is 1. The summed E-state index contributed by atoms with van der Waals surface area (Å²) in [5.74, 6) is -2.95. The molecule has 0 bridgehead atoms. The molecule has 5 nitrogen and oxygen atoms in total. The normalized spacial score (nSPS) is 11.7. The Labute approximate surface area is 105 Å². The van der Waals surface area contributed by atoms with Crippen molar-refractivity contribution in [1.82, 2.24) is 0 Å². The molecule has 1 atom stereocenters. The maximum Gasteiger partial charge on any atom is 0.315 e. The summed E-state index contributed by atoms with van der Waals surface area (Å²) < 4.78 is 0. The highest BCUT2D eigenvalue weighted by atomic mass is 16.4. The molecule has 0 aliphatic rings. The molecule has 1 aromatic carbocycles. The van der Waals surface area contributed by atoms with Gasteiger partial charge in [-0.2, -0.15) is 0 Å². The highest BCUT2D eigenvalue weighted by molar-refractivity contribution is 6.04. The van der Waals surface area contributed by atoms with E-state index in [0.29, 0.717) is 17.7 Å². The first-order valence-electron chi connectivity index (χ1n) is 5.62. The minimum absolute atomic E-state index is 0.0302. The molecular formula is C13H15NO4. The van der Waals surface area contributed by atoms with Crippen molar-refractivity contribution in [3.8, 4) is 0 Å². The number of ketones is 1. The molecule has 0 saturated carbocycles. The lowest BCUT2D eigenvalue weighted by molar-refractivity contribution is -0.144. The Morgan fingerprint density at radius 1 is 1.33 bits per heavy atom. The summed E-state index contributed by atoms with van der Waals surface area (Å²) >= 11 is 0. The van der Waals surface area contributed by atoms with Gasteiger partial charge in [-0.25, -0.2) is 0 Å². The molecule has 18 heavy (non-hydrogen) atoms. The number of carbonyl (C=O) groups is 3. The number of carboxylic acids is 1. The Kier molecular flexibility index (Phi) is 4.59. The molecule has 1 aromatic rings. The first kappa shape index (κ1) is 13.9. The molecule has 0 fully saturated rings. The summed E-state index contributed by atoms with van der Waals surface area (Å²) in [7, 11) is 0. The maximum atomic E-state index is 11.5.